The maximum absolute atomic E-state index is 13.1. The molecule has 4 aliphatic rings. The van der Waals surface area contributed by atoms with E-state index in [1.807, 2.05) is 31.6 Å². The molecule has 0 bridgehead atoms. The molecule has 2 fully saturated rings. The van der Waals surface area contributed by atoms with Crippen LogP contribution in [0.1, 0.15) is 97.8 Å². The highest BCUT2D eigenvalue weighted by Gasteiger charge is 2.32. The molecule has 308 valence electrons. The summed E-state index contributed by atoms with van der Waals surface area (Å²) in [6, 6.07) is 12.8. The van der Waals surface area contributed by atoms with E-state index in [2.05, 4.69) is 10.2 Å². The van der Waals surface area contributed by atoms with Gasteiger partial charge in [-0.2, -0.15) is 10.2 Å². The van der Waals surface area contributed by atoms with Gasteiger partial charge in [-0.25, -0.2) is 8.78 Å². The van der Waals surface area contributed by atoms with E-state index in [1.165, 1.54) is 24.3 Å². The molecule has 0 spiro atoms. The minimum absolute atomic E-state index is 0.143. The predicted molar refractivity (Wildman–Crippen MR) is 209 cm³/mol. The quantitative estimate of drug-likeness (QED) is 0.185. The number of halogens is 2. The Kier molecular flexibility index (Phi) is 13.0. The zero-order valence-electron chi connectivity index (χ0n) is 32.8. The Balaban J connectivity index is 0.000000177. The number of aromatic nitrogens is 4. The van der Waals surface area contributed by atoms with Gasteiger partial charge in [-0.3, -0.25) is 28.5 Å². The number of rotatable bonds is 10. The number of carbonyl (C=O) groups is 4. The molecule has 2 aromatic carbocycles. The third-order valence-corrected chi connectivity index (χ3v) is 12.6. The second kappa shape index (κ2) is 18.5. The highest BCUT2D eigenvalue weighted by atomic mass is 19.1. The van der Waals surface area contributed by atoms with Crippen LogP contribution in [0.2, 0.25) is 0 Å². The SMILES string of the molecule is O=C(O)C1CCC(CC(=O)N2CCc3cnn(Cc4ccc(F)cc4)c3C2)CC1.O=C(O)C1CCC(CC(=O)N2CCc3cnn(Cc4ccc(F)cc4)c3C2)CC1. The van der Waals surface area contributed by atoms with Crippen LogP contribution in [0.25, 0.3) is 0 Å². The second-order valence-corrected chi connectivity index (χ2v) is 16.5. The average molecular weight is 799 g/mol. The van der Waals surface area contributed by atoms with Gasteiger partial charge in [0.2, 0.25) is 11.8 Å². The molecule has 0 atom stereocenters. The highest BCUT2D eigenvalue weighted by Crippen LogP contribution is 2.33. The van der Waals surface area contributed by atoms with Crippen molar-refractivity contribution in [3.05, 3.63) is 106 Å². The van der Waals surface area contributed by atoms with Crippen LogP contribution in [-0.4, -0.2) is 76.4 Å². The van der Waals surface area contributed by atoms with Crippen LogP contribution >= 0.6 is 0 Å². The molecular formula is C44H52F2N6O6. The Bertz CT molecular complexity index is 1920. The van der Waals surface area contributed by atoms with Gasteiger partial charge in [0.15, 0.2) is 0 Å². The fraction of sp³-hybridized carbons (Fsp3) is 0.500. The first-order chi connectivity index (χ1) is 28.0. The first-order valence-electron chi connectivity index (χ1n) is 20.6. The van der Waals surface area contributed by atoms with Crippen molar-refractivity contribution in [1.82, 2.24) is 29.4 Å². The van der Waals surface area contributed by atoms with Crippen molar-refractivity contribution in [2.45, 2.75) is 103 Å². The molecule has 2 N–H and O–H groups in total. The van der Waals surface area contributed by atoms with Crippen LogP contribution in [0, 0.1) is 35.3 Å². The number of hydrogen-bond acceptors (Lipinski definition) is 6. The van der Waals surface area contributed by atoms with E-state index >= 15 is 0 Å². The van der Waals surface area contributed by atoms with E-state index in [0.717, 1.165) is 72.2 Å². The number of fused-ring (bicyclic) bond motifs is 2. The van der Waals surface area contributed by atoms with E-state index in [4.69, 9.17) is 10.2 Å². The molecule has 12 nitrogen and oxygen atoms in total. The molecule has 8 rings (SSSR count). The molecule has 0 saturated heterocycles. The van der Waals surface area contributed by atoms with Crippen molar-refractivity contribution in [3.63, 3.8) is 0 Å². The zero-order valence-corrected chi connectivity index (χ0v) is 32.8. The van der Waals surface area contributed by atoms with Gasteiger partial charge < -0.3 is 20.0 Å². The van der Waals surface area contributed by atoms with Gasteiger partial charge in [-0.1, -0.05) is 24.3 Å². The molecule has 58 heavy (non-hydrogen) atoms. The zero-order chi connectivity index (χ0) is 40.8. The predicted octanol–water partition coefficient (Wildman–Crippen LogP) is 6.47. The summed E-state index contributed by atoms with van der Waals surface area (Å²) in [7, 11) is 0. The first-order valence-corrected chi connectivity index (χ1v) is 20.6. The number of carbonyl (C=O) groups excluding carboxylic acids is 2. The van der Waals surface area contributed by atoms with E-state index in [9.17, 15) is 28.0 Å². The molecule has 0 radical (unpaired) electrons. The Morgan fingerprint density at radius 2 is 0.931 bits per heavy atom. The minimum Gasteiger partial charge on any atom is -0.481 e. The van der Waals surface area contributed by atoms with Crippen molar-refractivity contribution >= 4 is 23.8 Å². The van der Waals surface area contributed by atoms with Gasteiger partial charge in [0.05, 0.1) is 61.8 Å². The fourth-order valence-corrected chi connectivity index (χ4v) is 8.92. The van der Waals surface area contributed by atoms with Gasteiger partial charge in [0.25, 0.3) is 0 Å². The summed E-state index contributed by atoms with van der Waals surface area (Å²) in [4.78, 5) is 51.7. The molecule has 2 amide bonds. The lowest BCUT2D eigenvalue weighted by Crippen LogP contribution is -2.38. The fourth-order valence-electron chi connectivity index (χ4n) is 8.92. The summed E-state index contributed by atoms with van der Waals surface area (Å²) in [6.07, 6.45) is 12.2. The molecule has 2 saturated carbocycles. The molecule has 2 aromatic heterocycles. The van der Waals surface area contributed by atoms with Gasteiger partial charge in [0.1, 0.15) is 11.6 Å². The number of amides is 2. The van der Waals surface area contributed by atoms with Crippen molar-refractivity contribution in [2.24, 2.45) is 23.7 Å². The first kappa shape index (κ1) is 40.8. The highest BCUT2D eigenvalue weighted by molar-refractivity contribution is 5.77. The van der Waals surface area contributed by atoms with Crippen molar-refractivity contribution < 1.29 is 38.2 Å². The molecule has 0 unspecified atom stereocenters. The van der Waals surface area contributed by atoms with Crippen molar-refractivity contribution in [1.29, 1.82) is 0 Å². The summed E-state index contributed by atoms with van der Waals surface area (Å²) in [6.45, 7) is 3.57. The lowest BCUT2D eigenvalue weighted by atomic mass is 9.80. The Hall–Kier alpha value is -5.40. The lowest BCUT2D eigenvalue weighted by molar-refractivity contribution is -0.144. The molecule has 4 heterocycles. The summed E-state index contributed by atoms with van der Waals surface area (Å²) >= 11 is 0. The largest absolute Gasteiger partial charge is 0.481 e. The van der Waals surface area contributed by atoms with Crippen molar-refractivity contribution in [2.75, 3.05) is 13.1 Å². The number of benzene rings is 2. The Morgan fingerprint density at radius 1 is 0.569 bits per heavy atom. The molecule has 2 aliphatic heterocycles. The van der Waals surface area contributed by atoms with Crippen LogP contribution in [0.15, 0.2) is 60.9 Å². The van der Waals surface area contributed by atoms with Gasteiger partial charge in [-0.15, -0.1) is 0 Å². The number of hydrogen-bond donors (Lipinski definition) is 2. The lowest BCUT2D eigenvalue weighted by Gasteiger charge is -2.31. The van der Waals surface area contributed by atoms with E-state index in [-0.39, 0.29) is 47.1 Å². The Labute approximate surface area is 336 Å². The average Bonchev–Trinajstić information content (AvgIpc) is 3.83. The molecule has 2 aliphatic carbocycles. The maximum atomic E-state index is 13.1. The summed E-state index contributed by atoms with van der Waals surface area (Å²) in [5, 5.41) is 27.2. The van der Waals surface area contributed by atoms with Crippen LogP contribution in [0.5, 0.6) is 0 Å². The van der Waals surface area contributed by atoms with Gasteiger partial charge in [-0.05, 0) is 123 Å². The summed E-state index contributed by atoms with van der Waals surface area (Å²) in [5.74, 6) is -1.60. The molecular weight excluding hydrogens is 747 g/mol. The monoisotopic (exact) mass is 798 g/mol. The van der Waals surface area contributed by atoms with E-state index < -0.39 is 11.9 Å². The number of nitrogens with zero attached hydrogens (tertiary/aromatic N) is 6. The van der Waals surface area contributed by atoms with Crippen LogP contribution in [-0.2, 0) is 58.2 Å². The standard InChI is InChI=1S/2C22H26FN3O3/c2*23-19-7-3-16(4-8-19)13-26-20-14-25(10-9-18(20)12-24-26)21(27)11-15-1-5-17(6-2-15)22(28)29/h2*3-4,7-8,12,15,17H,1-2,5-6,9-11,13-14H2,(H,28,29). The number of carboxylic acid groups (broad SMARTS) is 2. The smallest absolute Gasteiger partial charge is 0.306 e. The topological polar surface area (TPSA) is 151 Å². The normalized spacial score (nSPS) is 21.6. The van der Waals surface area contributed by atoms with Crippen LogP contribution < -0.4 is 0 Å². The van der Waals surface area contributed by atoms with E-state index in [0.29, 0.717) is 77.8 Å². The third-order valence-electron chi connectivity index (χ3n) is 12.6. The summed E-state index contributed by atoms with van der Waals surface area (Å²) < 4.78 is 30.1. The summed E-state index contributed by atoms with van der Waals surface area (Å²) in [5.41, 5.74) is 6.36. The van der Waals surface area contributed by atoms with E-state index in [1.54, 1.807) is 24.3 Å². The molecule has 14 heteroatoms. The van der Waals surface area contributed by atoms with Gasteiger partial charge >= 0.3 is 11.9 Å². The van der Waals surface area contributed by atoms with Crippen LogP contribution in [0.3, 0.4) is 0 Å². The van der Waals surface area contributed by atoms with Gasteiger partial charge in [0, 0.05) is 25.9 Å². The van der Waals surface area contributed by atoms with Crippen LogP contribution in [0.4, 0.5) is 8.78 Å². The minimum atomic E-state index is -0.715. The third kappa shape index (κ3) is 10.2. The second-order valence-electron chi connectivity index (χ2n) is 16.5. The Morgan fingerprint density at radius 3 is 1.28 bits per heavy atom. The molecule has 4 aromatic rings. The number of carboxylic acids is 2. The maximum Gasteiger partial charge on any atom is 0.306 e. The number of aliphatic carboxylic acids is 2. The van der Waals surface area contributed by atoms with Crippen molar-refractivity contribution in [3.8, 4) is 0 Å².